The van der Waals surface area contributed by atoms with E-state index in [1.807, 2.05) is 22.0 Å². The average Bonchev–Trinajstić information content (AvgIpc) is 3.00. The second-order valence-electron chi connectivity index (χ2n) is 8.39. The van der Waals surface area contributed by atoms with Crippen molar-refractivity contribution < 1.29 is 27.6 Å². The number of anilines is 1. The van der Waals surface area contributed by atoms with Gasteiger partial charge in [-0.05, 0) is 25.0 Å². The van der Waals surface area contributed by atoms with Gasteiger partial charge in [0.1, 0.15) is 0 Å². The molecule has 1 aliphatic carbocycles. The Bertz CT molecular complexity index is 899. The second kappa shape index (κ2) is 9.03. The summed E-state index contributed by atoms with van der Waals surface area (Å²) in [6.07, 6.45) is 0.561. The van der Waals surface area contributed by atoms with Gasteiger partial charge in [0.05, 0.1) is 36.3 Å². The summed E-state index contributed by atoms with van der Waals surface area (Å²) in [6.45, 7) is 2.34. The summed E-state index contributed by atoms with van der Waals surface area (Å²) in [4.78, 5) is 42.7. The van der Waals surface area contributed by atoms with Crippen LogP contribution in [0.3, 0.4) is 0 Å². The highest BCUT2D eigenvalue weighted by Gasteiger charge is 2.47. The summed E-state index contributed by atoms with van der Waals surface area (Å²) >= 11 is 0. The van der Waals surface area contributed by atoms with E-state index in [2.05, 4.69) is 5.32 Å². The lowest BCUT2D eigenvalue weighted by molar-refractivity contribution is -0.143. The molecule has 4 rings (SSSR count). The zero-order chi connectivity index (χ0) is 22.9. The molecule has 32 heavy (non-hydrogen) atoms. The number of rotatable bonds is 5. The minimum atomic E-state index is -4.55. The van der Waals surface area contributed by atoms with Gasteiger partial charge in [-0.25, -0.2) is 0 Å². The second-order valence-corrected chi connectivity index (χ2v) is 8.39. The van der Waals surface area contributed by atoms with E-state index >= 15 is 0 Å². The van der Waals surface area contributed by atoms with Gasteiger partial charge in [0, 0.05) is 26.2 Å². The summed E-state index contributed by atoms with van der Waals surface area (Å²) in [5, 5.41) is 2.36. The molecule has 2 unspecified atom stereocenters. The minimum Gasteiger partial charge on any atom is -0.324 e. The Kier molecular flexibility index (Phi) is 6.34. The van der Waals surface area contributed by atoms with Crippen LogP contribution in [0.4, 0.5) is 18.9 Å². The largest absolute Gasteiger partial charge is 0.418 e. The molecule has 0 aromatic heterocycles. The van der Waals surface area contributed by atoms with Crippen molar-refractivity contribution >= 4 is 23.4 Å². The number of carbonyl (C=O) groups excluding carboxylic acids is 3. The van der Waals surface area contributed by atoms with Gasteiger partial charge in [0.2, 0.25) is 17.7 Å². The van der Waals surface area contributed by atoms with Crippen LogP contribution in [-0.2, 0) is 20.6 Å². The summed E-state index contributed by atoms with van der Waals surface area (Å²) in [5.41, 5.74) is -1.14. The maximum atomic E-state index is 13.1. The van der Waals surface area contributed by atoms with E-state index in [0.717, 1.165) is 6.07 Å². The summed E-state index contributed by atoms with van der Waals surface area (Å²) in [5.74, 6) is -1.25. The van der Waals surface area contributed by atoms with Crippen molar-refractivity contribution in [1.29, 1.82) is 0 Å². The van der Waals surface area contributed by atoms with E-state index in [9.17, 15) is 27.6 Å². The van der Waals surface area contributed by atoms with E-state index in [4.69, 9.17) is 0 Å². The Balaban J connectivity index is 1.26. The zero-order valence-electron chi connectivity index (χ0n) is 17.5. The van der Waals surface area contributed by atoms with Gasteiger partial charge in [-0.2, -0.15) is 13.2 Å². The Hall–Kier alpha value is -2.72. The first kappa shape index (κ1) is 22.5. The number of nitrogens with zero attached hydrogens (tertiary/aromatic N) is 3. The zero-order valence-corrected chi connectivity index (χ0v) is 17.5. The summed E-state index contributed by atoms with van der Waals surface area (Å²) in [7, 11) is 0. The number of amides is 3. The van der Waals surface area contributed by atoms with Gasteiger partial charge in [-0.15, -0.1) is 0 Å². The molecule has 1 aromatic rings. The predicted octanol–water partition coefficient (Wildman–Crippen LogP) is 2.17. The number of para-hydroxylation sites is 1. The Labute approximate surface area is 183 Å². The number of imide groups is 1. The number of hydrogen-bond acceptors (Lipinski definition) is 5. The summed E-state index contributed by atoms with van der Waals surface area (Å²) in [6, 6.07) is 4.88. The van der Waals surface area contributed by atoms with Gasteiger partial charge in [0.15, 0.2) is 0 Å². The van der Waals surface area contributed by atoms with Crippen molar-refractivity contribution in [1.82, 2.24) is 14.7 Å². The van der Waals surface area contributed by atoms with E-state index in [1.165, 1.54) is 23.1 Å². The quantitative estimate of drug-likeness (QED) is 0.550. The van der Waals surface area contributed by atoms with Crippen LogP contribution >= 0.6 is 0 Å². The molecule has 172 valence electrons. The molecule has 7 nitrogen and oxygen atoms in total. The van der Waals surface area contributed by atoms with Crippen molar-refractivity contribution in [3.05, 3.63) is 42.0 Å². The van der Waals surface area contributed by atoms with Crippen LogP contribution in [0.15, 0.2) is 36.4 Å². The number of halogens is 3. The SMILES string of the molecule is O=C(CN1CCN(CN2C(=O)C3CC=CCC3C2=O)CC1)Nc1ccccc1C(F)(F)F. The number of hydrogen-bond donors (Lipinski definition) is 1. The molecule has 2 heterocycles. The standard InChI is InChI=1S/C22H25F3N4O3/c23-22(24,25)17-7-3-4-8-18(17)26-19(30)13-27-9-11-28(12-10-27)14-29-20(31)15-5-1-2-6-16(15)21(29)32/h1-4,7-8,15-16H,5-6,9-14H2,(H,26,30). The van der Waals surface area contributed by atoms with Gasteiger partial charge < -0.3 is 5.32 Å². The molecular weight excluding hydrogens is 425 g/mol. The molecule has 0 radical (unpaired) electrons. The third-order valence-corrected chi connectivity index (χ3v) is 6.28. The highest BCUT2D eigenvalue weighted by atomic mass is 19.4. The van der Waals surface area contributed by atoms with Gasteiger partial charge in [-0.3, -0.25) is 29.1 Å². The van der Waals surface area contributed by atoms with Crippen molar-refractivity contribution in [2.45, 2.75) is 19.0 Å². The molecule has 1 N–H and O–H groups in total. The third-order valence-electron chi connectivity index (χ3n) is 6.28. The normalized spacial score (nSPS) is 24.7. The first-order chi connectivity index (χ1) is 15.2. The molecule has 10 heteroatoms. The molecule has 3 aliphatic rings. The Morgan fingerprint density at radius 1 is 0.938 bits per heavy atom. The minimum absolute atomic E-state index is 0.0303. The Morgan fingerprint density at radius 2 is 1.50 bits per heavy atom. The van der Waals surface area contributed by atoms with Crippen LogP contribution in [0.2, 0.25) is 0 Å². The highest BCUT2D eigenvalue weighted by Crippen LogP contribution is 2.35. The van der Waals surface area contributed by atoms with Crippen molar-refractivity contribution in [2.24, 2.45) is 11.8 Å². The lowest BCUT2D eigenvalue weighted by Crippen LogP contribution is -2.52. The van der Waals surface area contributed by atoms with Crippen LogP contribution in [0, 0.1) is 11.8 Å². The molecule has 2 aliphatic heterocycles. The monoisotopic (exact) mass is 450 g/mol. The Morgan fingerprint density at radius 3 is 2.09 bits per heavy atom. The molecule has 0 bridgehead atoms. The van der Waals surface area contributed by atoms with Crippen molar-refractivity contribution in [3.8, 4) is 0 Å². The summed E-state index contributed by atoms with van der Waals surface area (Å²) < 4.78 is 39.3. The molecule has 2 saturated heterocycles. The van der Waals surface area contributed by atoms with E-state index < -0.39 is 17.6 Å². The number of alkyl halides is 3. The van der Waals surface area contributed by atoms with Gasteiger partial charge in [-0.1, -0.05) is 24.3 Å². The van der Waals surface area contributed by atoms with Crippen LogP contribution in [0.5, 0.6) is 0 Å². The van der Waals surface area contributed by atoms with Crippen LogP contribution < -0.4 is 5.32 Å². The highest BCUT2D eigenvalue weighted by molar-refractivity contribution is 6.05. The number of likely N-dealkylation sites (tertiary alicyclic amines) is 1. The van der Waals surface area contributed by atoms with Gasteiger partial charge in [0.25, 0.3) is 0 Å². The molecular formula is C22H25F3N4O3. The fourth-order valence-electron chi connectivity index (χ4n) is 4.53. The van der Waals surface area contributed by atoms with Crippen LogP contribution in [0.1, 0.15) is 18.4 Å². The molecule has 1 aromatic carbocycles. The fourth-order valence-corrected chi connectivity index (χ4v) is 4.53. The molecule has 2 atom stereocenters. The van der Waals surface area contributed by atoms with E-state index in [-0.39, 0.29) is 42.6 Å². The molecule has 2 fully saturated rings. The smallest absolute Gasteiger partial charge is 0.324 e. The lowest BCUT2D eigenvalue weighted by Gasteiger charge is -2.35. The molecule has 3 amide bonds. The maximum Gasteiger partial charge on any atom is 0.418 e. The average molecular weight is 450 g/mol. The number of carbonyl (C=O) groups is 3. The van der Waals surface area contributed by atoms with E-state index in [1.54, 1.807) is 0 Å². The fraction of sp³-hybridized carbons (Fsp3) is 0.500. The van der Waals surface area contributed by atoms with Crippen molar-refractivity contribution in [2.75, 3.05) is 44.7 Å². The predicted molar refractivity (Wildman–Crippen MR) is 110 cm³/mol. The van der Waals surface area contributed by atoms with Gasteiger partial charge >= 0.3 is 6.18 Å². The molecule has 0 spiro atoms. The number of fused-ring (bicyclic) bond motifs is 1. The number of benzene rings is 1. The number of piperazine rings is 1. The third kappa shape index (κ3) is 4.71. The van der Waals surface area contributed by atoms with Crippen molar-refractivity contribution in [3.63, 3.8) is 0 Å². The molecule has 0 saturated carbocycles. The maximum absolute atomic E-state index is 13.1. The first-order valence-corrected chi connectivity index (χ1v) is 10.6. The van der Waals surface area contributed by atoms with Crippen LogP contribution in [0.25, 0.3) is 0 Å². The van der Waals surface area contributed by atoms with E-state index in [0.29, 0.717) is 39.0 Å². The van der Waals surface area contributed by atoms with Crippen LogP contribution in [-0.4, -0.2) is 71.8 Å². The first-order valence-electron chi connectivity index (χ1n) is 10.6. The lowest BCUT2D eigenvalue weighted by atomic mass is 9.85. The number of allylic oxidation sites excluding steroid dienone is 2. The number of nitrogens with one attached hydrogen (secondary N) is 1. The topological polar surface area (TPSA) is 73.0 Å².